The quantitative estimate of drug-likeness (QED) is 0.659. The first kappa shape index (κ1) is 15.9. The first-order chi connectivity index (χ1) is 9.00. The van der Waals surface area contributed by atoms with Crippen molar-refractivity contribution in [2.45, 2.75) is 45.2 Å². The van der Waals surface area contributed by atoms with E-state index in [-0.39, 0.29) is 18.4 Å². The van der Waals surface area contributed by atoms with E-state index in [4.69, 9.17) is 9.84 Å². The summed E-state index contributed by atoms with van der Waals surface area (Å²) in [7, 11) is 0. The van der Waals surface area contributed by atoms with Crippen molar-refractivity contribution in [3.05, 3.63) is 0 Å². The number of ether oxygens (including phenoxy) is 1. The van der Waals surface area contributed by atoms with Crippen LogP contribution in [0.5, 0.6) is 0 Å². The maximum Gasteiger partial charge on any atom is 0.305 e. The minimum atomic E-state index is -0.894. The average molecular weight is 272 g/mol. The van der Waals surface area contributed by atoms with Crippen LogP contribution >= 0.6 is 0 Å². The summed E-state index contributed by atoms with van der Waals surface area (Å²) in [5, 5.41) is 12.1. The number of carbonyl (C=O) groups excluding carboxylic acids is 1. The van der Waals surface area contributed by atoms with Gasteiger partial charge in [-0.1, -0.05) is 13.8 Å². The van der Waals surface area contributed by atoms with Crippen LogP contribution in [0.2, 0.25) is 0 Å². The Morgan fingerprint density at radius 2 is 2.21 bits per heavy atom. The van der Waals surface area contributed by atoms with Crippen molar-refractivity contribution in [2.75, 3.05) is 26.3 Å². The lowest BCUT2D eigenvalue weighted by molar-refractivity contribution is -0.146. The fourth-order valence-electron chi connectivity index (χ4n) is 2.13. The molecule has 1 aliphatic heterocycles. The van der Waals surface area contributed by atoms with Gasteiger partial charge in [-0.3, -0.25) is 9.59 Å². The predicted octanol–water partition coefficient (Wildman–Crippen LogP) is 0.467. The van der Waals surface area contributed by atoms with Gasteiger partial charge in [0, 0.05) is 19.0 Å². The van der Waals surface area contributed by atoms with Gasteiger partial charge in [-0.15, -0.1) is 0 Å². The largest absolute Gasteiger partial charge is 0.481 e. The standard InChI is InChI=1S/C13H24N2O4/c1-10(2)14-5-3-4-12(16)15-6-7-19-9-11(15)8-13(17)18/h10-11,14H,3-9H2,1-2H3,(H,17,18). The van der Waals surface area contributed by atoms with Crippen LogP contribution in [-0.4, -0.2) is 60.3 Å². The van der Waals surface area contributed by atoms with Crippen LogP contribution in [0.15, 0.2) is 0 Å². The van der Waals surface area contributed by atoms with Gasteiger partial charge >= 0.3 is 5.97 Å². The summed E-state index contributed by atoms with van der Waals surface area (Å²) in [6, 6.07) is 0.0926. The number of nitrogens with one attached hydrogen (secondary N) is 1. The summed E-state index contributed by atoms with van der Waals surface area (Å²) in [5.41, 5.74) is 0. The van der Waals surface area contributed by atoms with Crippen LogP contribution in [0.4, 0.5) is 0 Å². The van der Waals surface area contributed by atoms with E-state index < -0.39 is 5.97 Å². The molecule has 1 amide bonds. The van der Waals surface area contributed by atoms with Crippen LogP contribution in [0.1, 0.15) is 33.1 Å². The second-order valence-electron chi connectivity index (χ2n) is 5.13. The molecule has 2 N–H and O–H groups in total. The molecule has 0 spiro atoms. The second kappa shape index (κ2) is 8.12. The molecule has 6 nitrogen and oxygen atoms in total. The van der Waals surface area contributed by atoms with Crippen molar-refractivity contribution < 1.29 is 19.4 Å². The van der Waals surface area contributed by atoms with Gasteiger partial charge in [0.2, 0.25) is 5.91 Å². The summed E-state index contributed by atoms with van der Waals surface area (Å²) in [6.45, 7) is 6.24. The zero-order valence-corrected chi connectivity index (χ0v) is 11.7. The Bertz CT molecular complexity index is 307. The molecule has 0 aliphatic carbocycles. The summed E-state index contributed by atoms with van der Waals surface area (Å²) >= 11 is 0. The van der Waals surface area contributed by atoms with Gasteiger partial charge in [-0.05, 0) is 13.0 Å². The summed E-state index contributed by atoms with van der Waals surface area (Å²) in [5.74, 6) is -0.866. The lowest BCUT2D eigenvalue weighted by Gasteiger charge is -2.35. The Morgan fingerprint density at radius 1 is 1.47 bits per heavy atom. The summed E-state index contributed by atoms with van der Waals surface area (Å²) < 4.78 is 5.25. The summed E-state index contributed by atoms with van der Waals surface area (Å²) in [6.07, 6.45) is 1.18. The van der Waals surface area contributed by atoms with Gasteiger partial charge in [0.25, 0.3) is 0 Å². The van der Waals surface area contributed by atoms with E-state index in [1.807, 2.05) is 0 Å². The lowest BCUT2D eigenvalue weighted by atomic mass is 10.1. The third-order valence-corrected chi connectivity index (χ3v) is 3.08. The maximum atomic E-state index is 12.1. The molecular formula is C13H24N2O4. The van der Waals surface area contributed by atoms with Gasteiger partial charge in [0.05, 0.1) is 25.7 Å². The monoisotopic (exact) mass is 272 g/mol. The minimum Gasteiger partial charge on any atom is -0.481 e. The van der Waals surface area contributed by atoms with Gasteiger partial charge in [-0.2, -0.15) is 0 Å². The fourth-order valence-corrected chi connectivity index (χ4v) is 2.13. The van der Waals surface area contributed by atoms with Crippen LogP contribution in [0, 0.1) is 0 Å². The van der Waals surface area contributed by atoms with E-state index in [0.29, 0.717) is 32.2 Å². The van der Waals surface area contributed by atoms with Crippen molar-refractivity contribution in [3.63, 3.8) is 0 Å². The van der Waals surface area contributed by atoms with Crippen molar-refractivity contribution in [2.24, 2.45) is 0 Å². The average Bonchev–Trinajstić information content (AvgIpc) is 2.34. The molecule has 0 bridgehead atoms. The van der Waals surface area contributed by atoms with Crippen LogP contribution in [0.3, 0.4) is 0 Å². The SMILES string of the molecule is CC(C)NCCCC(=O)N1CCOCC1CC(=O)O. The molecule has 0 radical (unpaired) electrons. The summed E-state index contributed by atoms with van der Waals surface area (Å²) in [4.78, 5) is 24.5. The molecule has 1 rings (SSSR count). The van der Waals surface area contributed by atoms with Gasteiger partial charge in [0.15, 0.2) is 0 Å². The number of carboxylic acid groups (broad SMARTS) is 1. The zero-order valence-electron chi connectivity index (χ0n) is 11.7. The van der Waals surface area contributed by atoms with Crippen molar-refractivity contribution in [1.82, 2.24) is 10.2 Å². The molecule has 1 saturated heterocycles. The van der Waals surface area contributed by atoms with Gasteiger partial charge in [0.1, 0.15) is 0 Å². The Morgan fingerprint density at radius 3 is 2.84 bits per heavy atom. The molecule has 1 aliphatic rings. The molecule has 1 heterocycles. The molecule has 1 atom stereocenters. The number of hydrogen-bond donors (Lipinski definition) is 2. The van der Waals surface area contributed by atoms with Crippen LogP contribution in [-0.2, 0) is 14.3 Å². The number of morpholine rings is 1. The third kappa shape index (κ3) is 6.02. The highest BCUT2D eigenvalue weighted by molar-refractivity contribution is 5.77. The van der Waals surface area contributed by atoms with E-state index in [2.05, 4.69) is 19.2 Å². The zero-order chi connectivity index (χ0) is 14.3. The highest BCUT2D eigenvalue weighted by Gasteiger charge is 2.28. The predicted molar refractivity (Wildman–Crippen MR) is 70.9 cm³/mol. The molecule has 0 aromatic heterocycles. The molecule has 19 heavy (non-hydrogen) atoms. The highest BCUT2D eigenvalue weighted by Crippen LogP contribution is 2.12. The van der Waals surface area contributed by atoms with E-state index in [1.165, 1.54) is 0 Å². The molecule has 6 heteroatoms. The highest BCUT2D eigenvalue weighted by atomic mass is 16.5. The smallest absolute Gasteiger partial charge is 0.305 e. The number of carbonyl (C=O) groups is 2. The van der Waals surface area contributed by atoms with Crippen molar-refractivity contribution in [3.8, 4) is 0 Å². The van der Waals surface area contributed by atoms with E-state index in [0.717, 1.165) is 13.0 Å². The Balaban J connectivity index is 2.37. The molecule has 1 unspecified atom stereocenters. The minimum absolute atomic E-state index is 0.0279. The Hall–Kier alpha value is -1.14. The van der Waals surface area contributed by atoms with Gasteiger partial charge < -0.3 is 20.1 Å². The van der Waals surface area contributed by atoms with Crippen molar-refractivity contribution in [1.29, 1.82) is 0 Å². The number of aliphatic carboxylic acids is 1. The van der Waals surface area contributed by atoms with Crippen LogP contribution in [0.25, 0.3) is 0 Å². The molecule has 0 saturated carbocycles. The molecular weight excluding hydrogens is 248 g/mol. The van der Waals surface area contributed by atoms with Gasteiger partial charge in [-0.25, -0.2) is 0 Å². The molecule has 110 valence electrons. The van der Waals surface area contributed by atoms with E-state index >= 15 is 0 Å². The molecule has 1 fully saturated rings. The fraction of sp³-hybridized carbons (Fsp3) is 0.846. The van der Waals surface area contributed by atoms with Crippen molar-refractivity contribution >= 4 is 11.9 Å². The topological polar surface area (TPSA) is 78.9 Å². The number of rotatable bonds is 7. The Kier molecular flexibility index (Phi) is 6.80. The second-order valence-corrected chi connectivity index (χ2v) is 5.13. The molecule has 0 aromatic rings. The number of carboxylic acids is 1. The lowest BCUT2D eigenvalue weighted by Crippen LogP contribution is -2.49. The first-order valence-corrected chi connectivity index (χ1v) is 6.83. The number of hydrogen-bond acceptors (Lipinski definition) is 4. The van der Waals surface area contributed by atoms with Crippen LogP contribution < -0.4 is 5.32 Å². The maximum absolute atomic E-state index is 12.1. The molecule has 0 aromatic carbocycles. The van der Waals surface area contributed by atoms with E-state index in [1.54, 1.807) is 4.90 Å². The normalized spacial score (nSPS) is 19.7. The number of nitrogens with zero attached hydrogens (tertiary/aromatic N) is 1. The third-order valence-electron chi connectivity index (χ3n) is 3.08. The first-order valence-electron chi connectivity index (χ1n) is 6.83. The van der Waals surface area contributed by atoms with E-state index in [9.17, 15) is 9.59 Å². The Labute approximate surface area is 114 Å². The number of amides is 1.